The van der Waals surface area contributed by atoms with Crippen LogP contribution in [0, 0.1) is 11.8 Å². The normalized spacial score (nSPS) is 17.6. The highest BCUT2D eigenvalue weighted by Crippen LogP contribution is 2.31. The van der Waals surface area contributed by atoms with Crippen LogP contribution in [0.25, 0.3) is 0 Å². The Hall–Kier alpha value is -2.44. The van der Waals surface area contributed by atoms with Gasteiger partial charge in [-0.05, 0) is 57.0 Å². The summed E-state index contributed by atoms with van der Waals surface area (Å²) in [4.78, 5) is 41.3. The van der Waals surface area contributed by atoms with Crippen molar-refractivity contribution in [3.8, 4) is 0 Å². The Kier molecular flexibility index (Phi) is 8.26. The Balaban J connectivity index is 1.89. The van der Waals surface area contributed by atoms with E-state index in [-0.39, 0.29) is 17.6 Å². The van der Waals surface area contributed by atoms with Crippen LogP contribution in [0.5, 0.6) is 0 Å². The molecular formula is C25H26BrClN2O3. The molecule has 2 unspecified atom stereocenters. The van der Waals surface area contributed by atoms with Crippen LogP contribution in [0.3, 0.4) is 0 Å². The number of ketones is 1. The van der Waals surface area contributed by atoms with Crippen molar-refractivity contribution in [1.82, 2.24) is 4.90 Å². The van der Waals surface area contributed by atoms with Gasteiger partial charge in [0.25, 0.3) is 0 Å². The van der Waals surface area contributed by atoms with Crippen LogP contribution in [0.4, 0.5) is 5.69 Å². The molecular weight excluding hydrogens is 492 g/mol. The molecule has 1 aliphatic carbocycles. The standard InChI is InChI=1S/C25H26BrClN2O3/c1-3-29(4-2)25(32)18-10-6-5-9-17(18)24(31)28-22-14-13-16(26)15-20(22)23(30)19-11-7-8-12-21(19)27/h5-8,11-15,17-18H,3-4,9-10H2,1-2H3,(H,28,31). The summed E-state index contributed by atoms with van der Waals surface area (Å²) in [5.74, 6) is -1.48. The molecule has 0 fully saturated rings. The van der Waals surface area contributed by atoms with Gasteiger partial charge >= 0.3 is 0 Å². The third-order valence-corrected chi connectivity index (χ3v) is 6.59. The van der Waals surface area contributed by atoms with Gasteiger partial charge in [-0.2, -0.15) is 0 Å². The highest BCUT2D eigenvalue weighted by molar-refractivity contribution is 9.10. The maximum absolute atomic E-state index is 13.3. The summed E-state index contributed by atoms with van der Waals surface area (Å²) in [6.07, 6.45) is 4.91. The number of nitrogens with one attached hydrogen (secondary N) is 1. The zero-order valence-corrected chi connectivity index (χ0v) is 20.4. The molecule has 0 bridgehead atoms. The second-order valence-electron chi connectivity index (χ2n) is 7.65. The van der Waals surface area contributed by atoms with Crippen molar-refractivity contribution < 1.29 is 14.4 Å². The molecule has 3 rings (SSSR count). The molecule has 0 heterocycles. The fraction of sp³-hybridized carbons (Fsp3) is 0.320. The van der Waals surface area contributed by atoms with Crippen LogP contribution in [0.15, 0.2) is 59.1 Å². The minimum Gasteiger partial charge on any atom is -0.343 e. The first-order chi connectivity index (χ1) is 15.4. The summed E-state index contributed by atoms with van der Waals surface area (Å²) >= 11 is 9.63. The van der Waals surface area contributed by atoms with Gasteiger partial charge in [-0.1, -0.05) is 51.8 Å². The van der Waals surface area contributed by atoms with Crippen LogP contribution in [0.1, 0.15) is 42.6 Å². The molecule has 0 aliphatic heterocycles. The molecule has 2 aromatic rings. The molecule has 0 spiro atoms. The number of benzene rings is 2. The summed E-state index contributed by atoms with van der Waals surface area (Å²) in [6, 6.07) is 11.9. The topological polar surface area (TPSA) is 66.5 Å². The minimum atomic E-state index is -0.500. The summed E-state index contributed by atoms with van der Waals surface area (Å²) in [5.41, 5.74) is 1.09. The molecule has 168 valence electrons. The number of allylic oxidation sites excluding steroid dienone is 2. The summed E-state index contributed by atoms with van der Waals surface area (Å²) in [5, 5.41) is 3.25. The molecule has 1 N–H and O–H groups in total. The lowest BCUT2D eigenvalue weighted by Crippen LogP contribution is -2.43. The SMILES string of the molecule is CCN(CC)C(=O)C1CC=CCC1C(=O)Nc1ccc(Br)cc1C(=O)c1ccccc1Cl. The number of anilines is 1. The van der Waals surface area contributed by atoms with E-state index in [0.717, 1.165) is 0 Å². The van der Waals surface area contributed by atoms with E-state index in [4.69, 9.17) is 11.6 Å². The molecule has 0 saturated heterocycles. The first-order valence-electron chi connectivity index (χ1n) is 10.7. The summed E-state index contributed by atoms with van der Waals surface area (Å²) in [7, 11) is 0. The second kappa shape index (κ2) is 10.9. The Bertz CT molecular complexity index is 1050. The predicted molar refractivity (Wildman–Crippen MR) is 131 cm³/mol. The van der Waals surface area contributed by atoms with Gasteiger partial charge in [-0.25, -0.2) is 0 Å². The van der Waals surface area contributed by atoms with Crippen LogP contribution >= 0.6 is 27.5 Å². The highest BCUT2D eigenvalue weighted by atomic mass is 79.9. The molecule has 2 amide bonds. The van der Waals surface area contributed by atoms with Crippen LogP contribution in [-0.4, -0.2) is 35.6 Å². The Morgan fingerprint density at radius 3 is 2.31 bits per heavy atom. The zero-order chi connectivity index (χ0) is 23.3. The molecule has 7 heteroatoms. The number of nitrogens with zero attached hydrogens (tertiary/aromatic N) is 1. The third-order valence-electron chi connectivity index (χ3n) is 5.76. The van der Waals surface area contributed by atoms with Crippen molar-refractivity contribution in [1.29, 1.82) is 0 Å². The van der Waals surface area contributed by atoms with Crippen molar-refractivity contribution >= 4 is 50.8 Å². The minimum absolute atomic E-state index is 0.0114. The molecule has 32 heavy (non-hydrogen) atoms. The smallest absolute Gasteiger partial charge is 0.228 e. The molecule has 1 aliphatic rings. The second-order valence-corrected chi connectivity index (χ2v) is 8.98. The van der Waals surface area contributed by atoms with E-state index in [1.165, 1.54) is 0 Å². The number of hydrogen-bond donors (Lipinski definition) is 1. The number of carbonyl (C=O) groups excluding carboxylic acids is 3. The van der Waals surface area contributed by atoms with E-state index in [1.807, 2.05) is 26.0 Å². The van der Waals surface area contributed by atoms with E-state index < -0.39 is 11.8 Å². The van der Waals surface area contributed by atoms with E-state index in [0.29, 0.717) is 52.2 Å². The predicted octanol–water partition coefficient (Wildman–Crippen LogP) is 5.72. The van der Waals surface area contributed by atoms with Gasteiger partial charge in [0.05, 0.1) is 22.5 Å². The lowest BCUT2D eigenvalue weighted by atomic mass is 9.81. The van der Waals surface area contributed by atoms with E-state index in [2.05, 4.69) is 21.2 Å². The number of halogens is 2. The molecule has 0 saturated carbocycles. The highest BCUT2D eigenvalue weighted by Gasteiger charge is 2.36. The maximum Gasteiger partial charge on any atom is 0.228 e. The summed E-state index contributed by atoms with van der Waals surface area (Å²) in [6.45, 7) is 5.08. The fourth-order valence-electron chi connectivity index (χ4n) is 3.98. The van der Waals surface area contributed by atoms with Gasteiger partial charge in [0, 0.05) is 28.7 Å². The number of carbonyl (C=O) groups is 3. The number of hydrogen-bond acceptors (Lipinski definition) is 3. The Morgan fingerprint density at radius 1 is 1.00 bits per heavy atom. The number of amides is 2. The average molecular weight is 518 g/mol. The molecule has 0 aromatic heterocycles. The van der Waals surface area contributed by atoms with Crippen molar-refractivity contribution in [3.63, 3.8) is 0 Å². The number of rotatable bonds is 7. The molecule has 0 radical (unpaired) electrons. The zero-order valence-electron chi connectivity index (χ0n) is 18.1. The van der Waals surface area contributed by atoms with Gasteiger partial charge in [-0.15, -0.1) is 0 Å². The Labute approximate surface area is 202 Å². The van der Waals surface area contributed by atoms with Crippen molar-refractivity contribution in [2.24, 2.45) is 11.8 Å². The van der Waals surface area contributed by atoms with E-state index >= 15 is 0 Å². The van der Waals surface area contributed by atoms with Gasteiger partial charge in [0.15, 0.2) is 5.78 Å². The maximum atomic E-state index is 13.3. The quantitative estimate of drug-likeness (QED) is 0.377. The van der Waals surface area contributed by atoms with Gasteiger partial charge in [-0.3, -0.25) is 14.4 Å². The van der Waals surface area contributed by atoms with Crippen molar-refractivity contribution in [2.45, 2.75) is 26.7 Å². The first-order valence-corrected chi connectivity index (χ1v) is 11.9. The van der Waals surface area contributed by atoms with Crippen molar-refractivity contribution in [3.05, 3.63) is 75.2 Å². The summed E-state index contributed by atoms with van der Waals surface area (Å²) < 4.78 is 0.709. The first kappa shape index (κ1) is 24.2. The van der Waals surface area contributed by atoms with Gasteiger partial charge < -0.3 is 10.2 Å². The van der Waals surface area contributed by atoms with Gasteiger partial charge in [0.2, 0.25) is 11.8 Å². The largest absolute Gasteiger partial charge is 0.343 e. The lowest BCUT2D eigenvalue weighted by Gasteiger charge is -2.31. The van der Waals surface area contributed by atoms with Gasteiger partial charge in [0.1, 0.15) is 0 Å². The fourth-order valence-corrected chi connectivity index (χ4v) is 4.56. The van der Waals surface area contributed by atoms with Crippen LogP contribution < -0.4 is 5.32 Å². The molecule has 2 aromatic carbocycles. The van der Waals surface area contributed by atoms with Crippen molar-refractivity contribution in [2.75, 3.05) is 18.4 Å². The van der Waals surface area contributed by atoms with E-state index in [1.54, 1.807) is 47.4 Å². The van der Waals surface area contributed by atoms with Crippen LogP contribution in [0.2, 0.25) is 5.02 Å². The average Bonchev–Trinajstić information content (AvgIpc) is 2.80. The molecule has 5 nitrogen and oxygen atoms in total. The van der Waals surface area contributed by atoms with Crippen LogP contribution in [-0.2, 0) is 9.59 Å². The lowest BCUT2D eigenvalue weighted by molar-refractivity contribution is -0.140. The monoisotopic (exact) mass is 516 g/mol. The Morgan fingerprint density at radius 2 is 1.66 bits per heavy atom. The van der Waals surface area contributed by atoms with E-state index in [9.17, 15) is 14.4 Å². The third kappa shape index (κ3) is 5.30. The molecule has 2 atom stereocenters.